The van der Waals surface area contributed by atoms with E-state index in [2.05, 4.69) is 35.3 Å². The minimum atomic E-state index is 0.939. The molecule has 0 aliphatic heterocycles. The molecule has 0 amide bonds. The number of benzene rings is 2. The van der Waals surface area contributed by atoms with Crippen LogP contribution in [-0.4, -0.2) is 4.98 Å². The van der Waals surface area contributed by atoms with Gasteiger partial charge in [-0.3, -0.25) is 0 Å². The number of hydrogen-bond acceptors (Lipinski definition) is 1. The number of aromatic amines is 1. The minimum absolute atomic E-state index is 0.939. The maximum absolute atomic E-state index is 5.53. The van der Waals surface area contributed by atoms with Crippen molar-refractivity contribution in [3.8, 4) is 0 Å². The standard InChI is InChI=1S/C14H9NO/c1-2-4-12-10(3-1)11-6-5-9-7-8-16-14(9)13(11)15-12/h1-8,15H. The van der Waals surface area contributed by atoms with Gasteiger partial charge in [0.05, 0.1) is 11.8 Å². The Hall–Kier alpha value is -2.22. The zero-order chi connectivity index (χ0) is 10.5. The van der Waals surface area contributed by atoms with Crippen LogP contribution in [0, 0.1) is 0 Å². The van der Waals surface area contributed by atoms with Gasteiger partial charge >= 0.3 is 0 Å². The first-order valence-electron chi connectivity index (χ1n) is 5.30. The van der Waals surface area contributed by atoms with Gasteiger partial charge in [-0.1, -0.05) is 30.3 Å². The first kappa shape index (κ1) is 7.99. The lowest BCUT2D eigenvalue weighted by molar-refractivity contribution is 0.618. The van der Waals surface area contributed by atoms with Crippen LogP contribution in [0.2, 0.25) is 0 Å². The Kier molecular flexibility index (Phi) is 1.33. The molecular formula is C14H9NO. The molecule has 2 heteroatoms. The Labute approximate surface area is 91.5 Å². The van der Waals surface area contributed by atoms with Crippen LogP contribution in [0.5, 0.6) is 0 Å². The molecule has 2 heterocycles. The molecule has 1 N–H and O–H groups in total. The predicted octanol–water partition coefficient (Wildman–Crippen LogP) is 4.07. The summed E-state index contributed by atoms with van der Waals surface area (Å²) in [6, 6.07) is 14.5. The molecule has 0 atom stereocenters. The topological polar surface area (TPSA) is 28.9 Å². The van der Waals surface area contributed by atoms with Crippen molar-refractivity contribution in [1.29, 1.82) is 0 Å². The van der Waals surface area contributed by atoms with Gasteiger partial charge in [-0.05, 0) is 12.1 Å². The number of rotatable bonds is 0. The van der Waals surface area contributed by atoms with Gasteiger partial charge in [-0.2, -0.15) is 0 Å². The van der Waals surface area contributed by atoms with Gasteiger partial charge in [0, 0.05) is 21.7 Å². The summed E-state index contributed by atoms with van der Waals surface area (Å²) in [5.41, 5.74) is 3.18. The number of para-hydroxylation sites is 1. The van der Waals surface area contributed by atoms with Crippen molar-refractivity contribution in [2.75, 3.05) is 0 Å². The van der Waals surface area contributed by atoms with E-state index in [1.165, 1.54) is 10.8 Å². The van der Waals surface area contributed by atoms with Gasteiger partial charge in [0.2, 0.25) is 0 Å². The van der Waals surface area contributed by atoms with Crippen LogP contribution in [0.4, 0.5) is 0 Å². The first-order valence-corrected chi connectivity index (χ1v) is 5.30. The average molecular weight is 207 g/mol. The van der Waals surface area contributed by atoms with Crippen molar-refractivity contribution in [3.05, 3.63) is 48.7 Å². The molecule has 16 heavy (non-hydrogen) atoms. The maximum Gasteiger partial charge on any atom is 0.157 e. The molecule has 0 bridgehead atoms. The lowest BCUT2D eigenvalue weighted by Gasteiger charge is -1.91. The van der Waals surface area contributed by atoms with E-state index < -0.39 is 0 Å². The summed E-state index contributed by atoms with van der Waals surface area (Å²) in [4.78, 5) is 3.41. The summed E-state index contributed by atoms with van der Waals surface area (Å²) in [5.74, 6) is 0. The molecule has 2 aromatic heterocycles. The molecule has 0 unspecified atom stereocenters. The zero-order valence-corrected chi connectivity index (χ0v) is 8.53. The lowest BCUT2D eigenvalue weighted by atomic mass is 10.1. The summed E-state index contributed by atoms with van der Waals surface area (Å²) < 4.78 is 5.53. The smallest absolute Gasteiger partial charge is 0.157 e. The Morgan fingerprint density at radius 1 is 0.875 bits per heavy atom. The minimum Gasteiger partial charge on any atom is -0.462 e. The quantitative estimate of drug-likeness (QED) is 0.462. The zero-order valence-electron chi connectivity index (χ0n) is 8.53. The molecule has 0 spiro atoms. The fourth-order valence-corrected chi connectivity index (χ4v) is 2.34. The van der Waals surface area contributed by atoms with Crippen LogP contribution in [0.1, 0.15) is 0 Å². The van der Waals surface area contributed by atoms with Gasteiger partial charge in [-0.15, -0.1) is 0 Å². The molecule has 0 saturated heterocycles. The maximum atomic E-state index is 5.53. The fraction of sp³-hybridized carbons (Fsp3) is 0. The van der Waals surface area contributed by atoms with Crippen LogP contribution in [0.15, 0.2) is 53.1 Å². The Morgan fingerprint density at radius 2 is 1.81 bits per heavy atom. The van der Waals surface area contributed by atoms with E-state index in [-0.39, 0.29) is 0 Å². The number of fused-ring (bicyclic) bond motifs is 5. The third-order valence-corrected chi connectivity index (χ3v) is 3.10. The number of furan rings is 1. The van der Waals surface area contributed by atoms with Crippen LogP contribution in [0.25, 0.3) is 32.8 Å². The molecule has 0 aliphatic rings. The number of nitrogens with one attached hydrogen (secondary N) is 1. The van der Waals surface area contributed by atoms with Crippen LogP contribution in [-0.2, 0) is 0 Å². The summed E-state index contributed by atoms with van der Waals surface area (Å²) in [7, 11) is 0. The third kappa shape index (κ3) is 0.865. The second kappa shape index (κ2) is 2.67. The Balaban J connectivity index is 2.38. The van der Waals surface area contributed by atoms with Crippen molar-refractivity contribution in [2.45, 2.75) is 0 Å². The highest BCUT2D eigenvalue weighted by Gasteiger charge is 2.08. The molecule has 0 aliphatic carbocycles. The molecule has 4 aromatic rings. The van der Waals surface area contributed by atoms with Crippen molar-refractivity contribution in [2.24, 2.45) is 0 Å². The second-order valence-electron chi connectivity index (χ2n) is 4.00. The first-order chi connectivity index (χ1) is 7.93. The van der Waals surface area contributed by atoms with E-state index in [4.69, 9.17) is 4.42 Å². The number of H-pyrrole nitrogens is 1. The Morgan fingerprint density at radius 3 is 2.81 bits per heavy atom. The van der Waals surface area contributed by atoms with Gasteiger partial charge in [0.15, 0.2) is 5.58 Å². The predicted molar refractivity (Wildman–Crippen MR) is 65.6 cm³/mol. The molecule has 0 fully saturated rings. The van der Waals surface area contributed by atoms with E-state index in [1.54, 1.807) is 6.26 Å². The van der Waals surface area contributed by atoms with Gasteiger partial charge in [0.25, 0.3) is 0 Å². The largest absolute Gasteiger partial charge is 0.462 e. The molecule has 0 radical (unpaired) electrons. The SMILES string of the molecule is c1ccc2c(c1)[nH]c1c2ccc2ccoc21. The van der Waals surface area contributed by atoms with Gasteiger partial charge in [-0.25, -0.2) is 0 Å². The second-order valence-corrected chi connectivity index (χ2v) is 4.00. The highest BCUT2D eigenvalue weighted by molar-refractivity contribution is 6.15. The van der Waals surface area contributed by atoms with Gasteiger partial charge < -0.3 is 9.40 Å². The number of hydrogen-bond donors (Lipinski definition) is 1. The molecule has 2 nitrogen and oxygen atoms in total. The van der Waals surface area contributed by atoms with E-state index in [9.17, 15) is 0 Å². The van der Waals surface area contributed by atoms with E-state index in [1.807, 2.05) is 12.1 Å². The van der Waals surface area contributed by atoms with Crippen LogP contribution in [0.3, 0.4) is 0 Å². The van der Waals surface area contributed by atoms with E-state index in [0.717, 1.165) is 22.0 Å². The summed E-state index contributed by atoms with van der Waals surface area (Å²) >= 11 is 0. The van der Waals surface area contributed by atoms with E-state index >= 15 is 0 Å². The average Bonchev–Trinajstić information content (AvgIpc) is 2.92. The Bertz CT molecular complexity index is 807. The van der Waals surface area contributed by atoms with Gasteiger partial charge in [0.1, 0.15) is 0 Å². The molecule has 76 valence electrons. The third-order valence-electron chi connectivity index (χ3n) is 3.10. The summed E-state index contributed by atoms with van der Waals surface area (Å²) in [6.45, 7) is 0. The van der Waals surface area contributed by atoms with Crippen molar-refractivity contribution < 1.29 is 4.42 Å². The highest BCUT2D eigenvalue weighted by Crippen LogP contribution is 2.31. The summed E-state index contributed by atoms with van der Waals surface area (Å²) in [6.07, 6.45) is 1.73. The molecule has 4 rings (SSSR count). The molecule has 2 aromatic carbocycles. The number of aromatic nitrogens is 1. The summed E-state index contributed by atoms with van der Waals surface area (Å²) in [5, 5.41) is 3.60. The van der Waals surface area contributed by atoms with Crippen molar-refractivity contribution in [1.82, 2.24) is 4.98 Å². The molecule has 0 saturated carbocycles. The van der Waals surface area contributed by atoms with Crippen molar-refractivity contribution >= 4 is 32.8 Å². The fourth-order valence-electron chi connectivity index (χ4n) is 2.34. The molecular weight excluding hydrogens is 198 g/mol. The van der Waals surface area contributed by atoms with Crippen LogP contribution < -0.4 is 0 Å². The lowest BCUT2D eigenvalue weighted by Crippen LogP contribution is -1.68. The highest BCUT2D eigenvalue weighted by atomic mass is 16.3. The van der Waals surface area contributed by atoms with Crippen LogP contribution >= 0.6 is 0 Å². The van der Waals surface area contributed by atoms with E-state index in [0.29, 0.717) is 0 Å². The monoisotopic (exact) mass is 207 g/mol. The normalized spacial score (nSPS) is 11.8. The van der Waals surface area contributed by atoms with Crippen molar-refractivity contribution in [3.63, 3.8) is 0 Å².